The lowest BCUT2D eigenvalue weighted by molar-refractivity contribution is -0.114. The molecule has 6 nitrogen and oxygen atoms in total. The number of rotatable bonds is 7. The van der Waals surface area contributed by atoms with E-state index in [1.807, 2.05) is 0 Å². The Labute approximate surface area is 173 Å². The molecule has 1 heterocycles. The number of halogens is 4. The number of anilines is 2. The Morgan fingerprint density at radius 2 is 1.97 bits per heavy atom. The maximum absolute atomic E-state index is 12.5. The molecule has 0 radical (unpaired) electrons. The standard InChI is InChI=1S/C18H15ClF3N5OS/c19-12-5-6-15(27-11-23-10-25-27)14(7-12)26-17(28)8-24-13-3-1-2-4-16(13)29-9-18(20,21)22/h1-7,10-11,24H,8-9H2,(H,26,28). The molecule has 0 saturated heterocycles. The number of aromatic nitrogens is 3. The minimum Gasteiger partial charge on any atom is -0.375 e. The molecular weight excluding hydrogens is 427 g/mol. The Morgan fingerprint density at radius 1 is 1.17 bits per heavy atom. The highest BCUT2D eigenvalue weighted by Crippen LogP contribution is 2.32. The first-order chi connectivity index (χ1) is 13.8. The van der Waals surface area contributed by atoms with Crippen LogP contribution >= 0.6 is 23.4 Å². The molecule has 0 unspecified atom stereocenters. The largest absolute Gasteiger partial charge is 0.398 e. The summed E-state index contributed by atoms with van der Waals surface area (Å²) in [7, 11) is 0. The molecule has 0 fully saturated rings. The molecule has 1 amide bonds. The van der Waals surface area contributed by atoms with Crippen LogP contribution < -0.4 is 10.6 Å². The third kappa shape index (κ3) is 6.13. The monoisotopic (exact) mass is 441 g/mol. The van der Waals surface area contributed by atoms with Gasteiger partial charge in [0.15, 0.2) is 0 Å². The van der Waals surface area contributed by atoms with Crippen LogP contribution in [0.4, 0.5) is 24.5 Å². The number of amides is 1. The van der Waals surface area contributed by atoms with E-state index in [9.17, 15) is 18.0 Å². The summed E-state index contributed by atoms with van der Waals surface area (Å²) in [6.07, 6.45) is -1.44. The summed E-state index contributed by atoms with van der Waals surface area (Å²) < 4.78 is 38.9. The lowest BCUT2D eigenvalue weighted by Gasteiger charge is -2.14. The van der Waals surface area contributed by atoms with Crippen molar-refractivity contribution in [1.82, 2.24) is 14.8 Å². The normalized spacial score (nSPS) is 11.3. The van der Waals surface area contributed by atoms with Gasteiger partial charge in [-0.3, -0.25) is 4.79 Å². The highest BCUT2D eigenvalue weighted by molar-refractivity contribution is 7.99. The number of alkyl halides is 3. The lowest BCUT2D eigenvalue weighted by Crippen LogP contribution is -2.23. The Morgan fingerprint density at radius 3 is 2.69 bits per heavy atom. The predicted molar refractivity (Wildman–Crippen MR) is 107 cm³/mol. The lowest BCUT2D eigenvalue weighted by atomic mass is 10.2. The second kappa shape index (κ2) is 9.19. The SMILES string of the molecule is O=C(CNc1ccccc1SCC(F)(F)F)Nc1cc(Cl)ccc1-n1cncn1. The summed E-state index contributed by atoms with van der Waals surface area (Å²) in [4.78, 5) is 16.7. The van der Waals surface area contributed by atoms with Crippen molar-refractivity contribution in [2.75, 3.05) is 22.9 Å². The molecule has 0 saturated carbocycles. The second-order valence-corrected chi connectivity index (χ2v) is 7.26. The smallest absolute Gasteiger partial charge is 0.375 e. The van der Waals surface area contributed by atoms with E-state index in [1.54, 1.807) is 42.5 Å². The van der Waals surface area contributed by atoms with Crippen molar-refractivity contribution in [1.29, 1.82) is 0 Å². The number of hydrogen-bond acceptors (Lipinski definition) is 5. The van der Waals surface area contributed by atoms with Crippen LogP contribution in [0.25, 0.3) is 5.69 Å². The van der Waals surface area contributed by atoms with E-state index >= 15 is 0 Å². The van der Waals surface area contributed by atoms with Crippen molar-refractivity contribution >= 4 is 40.6 Å². The van der Waals surface area contributed by atoms with E-state index in [0.29, 0.717) is 38.7 Å². The number of hydrogen-bond donors (Lipinski definition) is 2. The molecule has 0 aliphatic rings. The summed E-state index contributed by atoms with van der Waals surface area (Å²) in [5.74, 6) is -1.41. The number of thioether (sulfide) groups is 1. The predicted octanol–water partition coefficient (Wildman–Crippen LogP) is 4.63. The fourth-order valence-corrected chi connectivity index (χ4v) is 3.37. The molecule has 3 aromatic rings. The zero-order valence-electron chi connectivity index (χ0n) is 14.8. The van der Waals surface area contributed by atoms with Gasteiger partial charge in [-0.25, -0.2) is 9.67 Å². The van der Waals surface area contributed by atoms with E-state index in [2.05, 4.69) is 20.7 Å². The molecule has 0 spiro atoms. The third-order valence-corrected chi connectivity index (χ3v) is 4.99. The third-order valence-electron chi connectivity index (χ3n) is 3.62. The van der Waals surface area contributed by atoms with Gasteiger partial charge in [-0.15, -0.1) is 11.8 Å². The minimum atomic E-state index is -4.28. The summed E-state index contributed by atoms with van der Waals surface area (Å²) in [6.45, 7) is -0.146. The highest BCUT2D eigenvalue weighted by atomic mass is 35.5. The number of benzene rings is 2. The average Bonchev–Trinajstić information content (AvgIpc) is 3.19. The molecule has 0 aliphatic heterocycles. The van der Waals surface area contributed by atoms with Gasteiger partial charge in [0.1, 0.15) is 12.7 Å². The first-order valence-electron chi connectivity index (χ1n) is 8.29. The molecule has 1 aromatic heterocycles. The second-order valence-electron chi connectivity index (χ2n) is 5.80. The summed E-state index contributed by atoms with van der Waals surface area (Å²) in [5, 5.41) is 10.0. The van der Waals surface area contributed by atoms with Crippen LogP contribution in [0.5, 0.6) is 0 Å². The molecule has 0 bridgehead atoms. The van der Waals surface area contributed by atoms with Crippen LogP contribution in [-0.4, -0.2) is 39.1 Å². The van der Waals surface area contributed by atoms with Crippen LogP contribution in [0.15, 0.2) is 60.0 Å². The average molecular weight is 442 g/mol. The van der Waals surface area contributed by atoms with Crippen LogP contribution in [0.3, 0.4) is 0 Å². The van der Waals surface area contributed by atoms with E-state index in [4.69, 9.17) is 11.6 Å². The van der Waals surface area contributed by atoms with Gasteiger partial charge < -0.3 is 10.6 Å². The molecule has 2 aromatic carbocycles. The Kier molecular flexibility index (Phi) is 6.65. The van der Waals surface area contributed by atoms with Gasteiger partial charge in [0.2, 0.25) is 5.91 Å². The topological polar surface area (TPSA) is 71.8 Å². The molecule has 2 N–H and O–H groups in total. The molecule has 11 heteroatoms. The van der Waals surface area contributed by atoms with Gasteiger partial charge >= 0.3 is 6.18 Å². The minimum absolute atomic E-state index is 0.146. The summed E-state index contributed by atoms with van der Waals surface area (Å²) in [5.41, 5.74) is 1.44. The van der Waals surface area contributed by atoms with Gasteiger partial charge in [0.25, 0.3) is 0 Å². The Hall–Kier alpha value is -2.72. The van der Waals surface area contributed by atoms with Gasteiger partial charge in [-0.05, 0) is 30.3 Å². The van der Waals surface area contributed by atoms with Crippen molar-refractivity contribution in [2.45, 2.75) is 11.1 Å². The molecule has 152 valence electrons. The number of para-hydroxylation sites is 1. The van der Waals surface area contributed by atoms with Gasteiger partial charge in [0, 0.05) is 15.6 Å². The van der Waals surface area contributed by atoms with Gasteiger partial charge in [0.05, 0.1) is 23.7 Å². The summed E-state index contributed by atoms with van der Waals surface area (Å²) >= 11 is 6.68. The van der Waals surface area contributed by atoms with E-state index < -0.39 is 17.8 Å². The van der Waals surface area contributed by atoms with E-state index in [-0.39, 0.29) is 6.54 Å². The van der Waals surface area contributed by atoms with Crippen LogP contribution in [0.2, 0.25) is 5.02 Å². The quantitative estimate of drug-likeness (QED) is 0.523. The van der Waals surface area contributed by atoms with Gasteiger partial charge in [-0.2, -0.15) is 18.3 Å². The van der Waals surface area contributed by atoms with Crippen molar-refractivity contribution in [3.8, 4) is 5.69 Å². The zero-order valence-corrected chi connectivity index (χ0v) is 16.4. The molecule has 0 atom stereocenters. The molecular formula is C18H15ClF3N5OS. The first kappa shape index (κ1) is 21.0. The maximum atomic E-state index is 12.5. The van der Waals surface area contributed by atoms with Crippen LogP contribution in [0, 0.1) is 0 Å². The fraction of sp³-hybridized carbons (Fsp3) is 0.167. The maximum Gasteiger partial charge on any atom is 0.398 e. The number of carbonyl (C=O) groups excluding carboxylic acids is 1. The van der Waals surface area contributed by atoms with Crippen molar-refractivity contribution in [3.63, 3.8) is 0 Å². The highest BCUT2D eigenvalue weighted by Gasteiger charge is 2.27. The van der Waals surface area contributed by atoms with Crippen molar-refractivity contribution in [2.24, 2.45) is 0 Å². The van der Waals surface area contributed by atoms with Crippen molar-refractivity contribution in [3.05, 3.63) is 60.1 Å². The van der Waals surface area contributed by atoms with Gasteiger partial charge in [-0.1, -0.05) is 23.7 Å². The van der Waals surface area contributed by atoms with E-state index in [1.165, 1.54) is 17.3 Å². The number of nitrogens with zero attached hydrogens (tertiary/aromatic N) is 3. The molecule has 29 heavy (non-hydrogen) atoms. The van der Waals surface area contributed by atoms with Crippen LogP contribution in [-0.2, 0) is 4.79 Å². The fourth-order valence-electron chi connectivity index (χ4n) is 2.41. The number of carbonyl (C=O) groups is 1. The zero-order chi connectivity index (χ0) is 20.9. The Balaban J connectivity index is 1.67. The van der Waals surface area contributed by atoms with Crippen molar-refractivity contribution < 1.29 is 18.0 Å². The molecule has 3 rings (SSSR count). The number of nitrogens with one attached hydrogen (secondary N) is 2. The Bertz CT molecular complexity index is 982. The first-order valence-corrected chi connectivity index (χ1v) is 9.65. The van der Waals surface area contributed by atoms with Crippen LogP contribution in [0.1, 0.15) is 0 Å². The summed E-state index contributed by atoms with van der Waals surface area (Å²) in [6, 6.07) is 11.4. The molecule has 0 aliphatic carbocycles. The van der Waals surface area contributed by atoms with E-state index in [0.717, 1.165) is 0 Å².